The van der Waals surface area contributed by atoms with Crippen LogP contribution in [0.2, 0.25) is 0 Å². The zero-order valence-corrected chi connectivity index (χ0v) is 11.2. The average molecular weight is 283 g/mol. The molecular formula is C14H15F2NO3. The molecule has 20 heavy (non-hydrogen) atoms. The third-order valence-corrected chi connectivity index (χ3v) is 2.52. The van der Waals surface area contributed by atoms with Crippen LogP contribution in [0.15, 0.2) is 30.4 Å². The Hall–Kier alpha value is -2.24. The van der Waals surface area contributed by atoms with Crippen LogP contribution in [0.4, 0.5) is 8.78 Å². The Morgan fingerprint density at radius 1 is 1.40 bits per heavy atom. The molecule has 1 amide bonds. The quantitative estimate of drug-likeness (QED) is 0.666. The van der Waals surface area contributed by atoms with E-state index < -0.39 is 29.6 Å². The number of hydrogen-bond acceptors (Lipinski definition) is 3. The van der Waals surface area contributed by atoms with Crippen LogP contribution in [0.3, 0.4) is 0 Å². The van der Waals surface area contributed by atoms with Crippen molar-refractivity contribution in [3.8, 4) is 0 Å². The van der Waals surface area contributed by atoms with Crippen molar-refractivity contribution < 1.29 is 23.1 Å². The monoisotopic (exact) mass is 283 g/mol. The number of esters is 1. The SMILES string of the molecule is C=C(C)C[C@H](NC(=O)c1ccc(F)cc1F)C(=O)OC. The van der Waals surface area contributed by atoms with Gasteiger partial charge >= 0.3 is 5.97 Å². The zero-order chi connectivity index (χ0) is 15.3. The van der Waals surface area contributed by atoms with Crippen LogP contribution in [0.25, 0.3) is 0 Å². The molecule has 6 heteroatoms. The number of methoxy groups -OCH3 is 1. The van der Waals surface area contributed by atoms with Crippen LogP contribution in [0, 0.1) is 11.6 Å². The fraction of sp³-hybridized carbons (Fsp3) is 0.286. The number of ether oxygens (including phenoxy) is 1. The van der Waals surface area contributed by atoms with Gasteiger partial charge in [0.15, 0.2) is 0 Å². The highest BCUT2D eigenvalue weighted by Gasteiger charge is 2.23. The molecule has 0 aliphatic rings. The second-order valence-electron chi connectivity index (χ2n) is 4.33. The summed E-state index contributed by atoms with van der Waals surface area (Å²) in [6, 6.07) is 1.61. The van der Waals surface area contributed by atoms with Gasteiger partial charge in [-0.15, -0.1) is 6.58 Å². The van der Waals surface area contributed by atoms with Crippen molar-refractivity contribution in [2.75, 3.05) is 7.11 Å². The van der Waals surface area contributed by atoms with Crippen molar-refractivity contribution in [3.05, 3.63) is 47.5 Å². The Kier molecular flexibility index (Phi) is 5.37. The first-order chi connectivity index (χ1) is 9.35. The number of amides is 1. The van der Waals surface area contributed by atoms with Gasteiger partial charge in [0, 0.05) is 6.07 Å². The molecule has 1 rings (SSSR count). The molecule has 0 bridgehead atoms. The van der Waals surface area contributed by atoms with E-state index in [-0.39, 0.29) is 12.0 Å². The summed E-state index contributed by atoms with van der Waals surface area (Å²) in [6.45, 7) is 5.32. The minimum absolute atomic E-state index is 0.168. The van der Waals surface area contributed by atoms with Gasteiger partial charge < -0.3 is 10.1 Å². The van der Waals surface area contributed by atoms with E-state index in [9.17, 15) is 18.4 Å². The number of carbonyl (C=O) groups excluding carboxylic acids is 2. The second-order valence-corrected chi connectivity index (χ2v) is 4.33. The molecule has 1 atom stereocenters. The summed E-state index contributed by atoms with van der Waals surface area (Å²) in [4.78, 5) is 23.4. The molecule has 0 spiro atoms. The number of carbonyl (C=O) groups is 2. The lowest BCUT2D eigenvalue weighted by Crippen LogP contribution is -2.42. The van der Waals surface area contributed by atoms with Crippen LogP contribution >= 0.6 is 0 Å². The minimum Gasteiger partial charge on any atom is -0.467 e. The van der Waals surface area contributed by atoms with Gasteiger partial charge in [-0.25, -0.2) is 13.6 Å². The summed E-state index contributed by atoms with van der Waals surface area (Å²) in [5.41, 5.74) is 0.308. The van der Waals surface area contributed by atoms with Gasteiger partial charge in [-0.3, -0.25) is 4.79 Å². The highest BCUT2D eigenvalue weighted by atomic mass is 19.1. The van der Waals surface area contributed by atoms with Gasteiger partial charge in [-0.2, -0.15) is 0 Å². The Balaban J connectivity index is 2.90. The van der Waals surface area contributed by atoms with Gasteiger partial charge in [0.1, 0.15) is 17.7 Å². The third kappa shape index (κ3) is 4.15. The lowest BCUT2D eigenvalue weighted by molar-refractivity contribution is -0.142. The number of hydrogen-bond donors (Lipinski definition) is 1. The van der Waals surface area contributed by atoms with Crippen molar-refractivity contribution >= 4 is 11.9 Å². The molecule has 0 aliphatic heterocycles. The zero-order valence-electron chi connectivity index (χ0n) is 11.2. The maximum absolute atomic E-state index is 13.5. The summed E-state index contributed by atoms with van der Waals surface area (Å²) in [6.07, 6.45) is 0.168. The summed E-state index contributed by atoms with van der Waals surface area (Å²) in [7, 11) is 1.18. The van der Waals surface area contributed by atoms with Crippen molar-refractivity contribution in [1.29, 1.82) is 0 Å². The van der Waals surface area contributed by atoms with Crippen molar-refractivity contribution in [2.45, 2.75) is 19.4 Å². The van der Waals surface area contributed by atoms with E-state index in [2.05, 4.69) is 16.6 Å². The molecular weight excluding hydrogens is 268 g/mol. The lowest BCUT2D eigenvalue weighted by Gasteiger charge is -2.16. The van der Waals surface area contributed by atoms with E-state index in [0.29, 0.717) is 11.6 Å². The molecule has 0 aromatic heterocycles. The van der Waals surface area contributed by atoms with Crippen molar-refractivity contribution in [2.24, 2.45) is 0 Å². The van der Waals surface area contributed by atoms with Crippen molar-refractivity contribution in [3.63, 3.8) is 0 Å². The maximum Gasteiger partial charge on any atom is 0.328 e. The number of nitrogens with one attached hydrogen (secondary N) is 1. The van der Waals surface area contributed by atoms with E-state index in [1.54, 1.807) is 6.92 Å². The predicted octanol–water partition coefficient (Wildman–Crippen LogP) is 2.20. The molecule has 0 radical (unpaired) electrons. The molecule has 0 fully saturated rings. The van der Waals surface area contributed by atoms with Crippen LogP contribution in [0.5, 0.6) is 0 Å². The molecule has 0 unspecified atom stereocenters. The van der Waals surface area contributed by atoms with E-state index in [1.807, 2.05) is 0 Å². The van der Waals surface area contributed by atoms with E-state index in [1.165, 1.54) is 7.11 Å². The minimum atomic E-state index is -0.999. The van der Waals surface area contributed by atoms with Crippen LogP contribution < -0.4 is 5.32 Å². The Morgan fingerprint density at radius 2 is 2.05 bits per heavy atom. The standard InChI is InChI=1S/C14H15F2NO3/c1-8(2)6-12(14(19)20-3)17-13(18)10-5-4-9(15)7-11(10)16/h4-5,7,12H,1,6H2,2-3H3,(H,17,18)/t12-/m0/s1. The largest absolute Gasteiger partial charge is 0.467 e. The normalized spacial score (nSPS) is 11.6. The maximum atomic E-state index is 13.5. The van der Waals surface area contributed by atoms with Crippen LogP contribution in [-0.2, 0) is 9.53 Å². The van der Waals surface area contributed by atoms with Crippen molar-refractivity contribution in [1.82, 2.24) is 5.32 Å². The molecule has 0 saturated heterocycles. The Labute approximate surface area is 115 Å². The third-order valence-electron chi connectivity index (χ3n) is 2.52. The summed E-state index contributed by atoms with van der Waals surface area (Å²) in [5.74, 6) is -3.27. The highest BCUT2D eigenvalue weighted by Crippen LogP contribution is 2.11. The Bertz CT molecular complexity index is 543. The van der Waals surface area contributed by atoms with Crippen LogP contribution in [-0.4, -0.2) is 25.0 Å². The summed E-state index contributed by atoms with van der Waals surface area (Å²) < 4.78 is 30.8. The molecule has 0 saturated carbocycles. The van der Waals surface area contributed by atoms with E-state index in [0.717, 1.165) is 12.1 Å². The molecule has 1 N–H and O–H groups in total. The van der Waals surface area contributed by atoms with Gasteiger partial charge in [-0.1, -0.05) is 5.57 Å². The second kappa shape index (κ2) is 6.79. The first-order valence-corrected chi connectivity index (χ1v) is 5.83. The molecule has 1 aromatic rings. The van der Waals surface area contributed by atoms with Gasteiger partial charge in [0.25, 0.3) is 5.91 Å². The van der Waals surface area contributed by atoms with E-state index in [4.69, 9.17) is 0 Å². The number of rotatable bonds is 5. The smallest absolute Gasteiger partial charge is 0.328 e. The topological polar surface area (TPSA) is 55.4 Å². The first kappa shape index (κ1) is 15.8. The lowest BCUT2D eigenvalue weighted by atomic mass is 10.1. The fourth-order valence-corrected chi connectivity index (χ4v) is 1.59. The average Bonchev–Trinajstić information content (AvgIpc) is 2.36. The highest BCUT2D eigenvalue weighted by molar-refractivity contribution is 5.97. The number of halogens is 2. The number of benzene rings is 1. The van der Waals surface area contributed by atoms with E-state index >= 15 is 0 Å². The van der Waals surface area contributed by atoms with Gasteiger partial charge in [-0.05, 0) is 25.5 Å². The first-order valence-electron chi connectivity index (χ1n) is 5.83. The molecule has 0 heterocycles. The summed E-state index contributed by atoms with van der Waals surface area (Å²) >= 11 is 0. The molecule has 0 aliphatic carbocycles. The van der Waals surface area contributed by atoms with Gasteiger partial charge in [0.2, 0.25) is 0 Å². The fourth-order valence-electron chi connectivity index (χ4n) is 1.59. The Morgan fingerprint density at radius 3 is 2.55 bits per heavy atom. The predicted molar refractivity (Wildman–Crippen MR) is 69.1 cm³/mol. The molecule has 4 nitrogen and oxygen atoms in total. The summed E-state index contributed by atoms with van der Waals surface area (Å²) in [5, 5.41) is 2.34. The molecule has 1 aromatic carbocycles. The van der Waals surface area contributed by atoms with Crippen LogP contribution in [0.1, 0.15) is 23.7 Å². The van der Waals surface area contributed by atoms with Gasteiger partial charge in [0.05, 0.1) is 12.7 Å². The molecule has 108 valence electrons.